The summed E-state index contributed by atoms with van der Waals surface area (Å²) in [5.41, 5.74) is 1.91. The first kappa shape index (κ1) is 14.6. The van der Waals surface area contributed by atoms with Crippen molar-refractivity contribution in [3.05, 3.63) is 56.5 Å². The maximum Gasteiger partial charge on any atom is 0.130 e. The standard InChI is InChI=1S/C15H14Br2O2/c1-9-7-11(16)3-6-15(9)19-12-4-5-13(10(2)18)14(17)8-12/h3-8,10,18H,1-2H3/t10-/m1/s1. The van der Waals surface area contributed by atoms with Gasteiger partial charge in [0.05, 0.1) is 6.10 Å². The van der Waals surface area contributed by atoms with Crippen molar-refractivity contribution in [3.63, 3.8) is 0 Å². The molecule has 100 valence electrons. The molecule has 0 aliphatic carbocycles. The molecule has 2 rings (SSSR count). The summed E-state index contributed by atoms with van der Waals surface area (Å²) in [6, 6.07) is 11.5. The SMILES string of the molecule is Cc1cc(Br)ccc1Oc1ccc([C@@H](C)O)c(Br)c1. The van der Waals surface area contributed by atoms with E-state index in [1.165, 1.54) is 0 Å². The van der Waals surface area contributed by atoms with E-state index in [4.69, 9.17) is 4.74 Å². The highest BCUT2D eigenvalue weighted by Gasteiger charge is 2.08. The Morgan fingerprint density at radius 1 is 1.11 bits per heavy atom. The molecule has 0 saturated heterocycles. The predicted molar refractivity (Wildman–Crippen MR) is 83.7 cm³/mol. The van der Waals surface area contributed by atoms with Crippen molar-refractivity contribution in [3.8, 4) is 11.5 Å². The van der Waals surface area contributed by atoms with Gasteiger partial charge in [-0.2, -0.15) is 0 Å². The Kier molecular flexibility index (Phi) is 4.66. The fourth-order valence-electron chi connectivity index (χ4n) is 1.76. The highest BCUT2D eigenvalue weighted by atomic mass is 79.9. The molecule has 0 saturated carbocycles. The zero-order valence-electron chi connectivity index (χ0n) is 10.7. The highest BCUT2D eigenvalue weighted by molar-refractivity contribution is 9.10. The summed E-state index contributed by atoms with van der Waals surface area (Å²) in [6.45, 7) is 3.73. The lowest BCUT2D eigenvalue weighted by Crippen LogP contribution is -1.94. The van der Waals surface area contributed by atoms with Crippen LogP contribution in [0.3, 0.4) is 0 Å². The molecule has 4 heteroatoms. The molecule has 0 fully saturated rings. The molecule has 0 heterocycles. The third kappa shape index (κ3) is 3.59. The summed E-state index contributed by atoms with van der Waals surface area (Å²) in [7, 11) is 0. The second-order valence-corrected chi connectivity index (χ2v) is 6.14. The molecule has 0 unspecified atom stereocenters. The van der Waals surface area contributed by atoms with E-state index >= 15 is 0 Å². The van der Waals surface area contributed by atoms with Crippen molar-refractivity contribution in [2.75, 3.05) is 0 Å². The third-order valence-electron chi connectivity index (χ3n) is 2.79. The van der Waals surface area contributed by atoms with E-state index in [9.17, 15) is 5.11 Å². The number of rotatable bonds is 3. The molecule has 0 spiro atoms. The lowest BCUT2D eigenvalue weighted by Gasteiger charge is -2.12. The van der Waals surface area contributed by atoms with Crippen molar-refractivity contribution in [2.24, 2.45) is 0 Å². The normalized spacial score (nSPS) is 12.3. The molecule has 1 N–H and O–H groups in total. The first-order chi connectivity index (χ1) is 8.97. The van der Waals surface area contributed by atoms with Crippen LogP contribution in [-0.4, -0.2) is 5.11 Å². The fraction of sp³-hybridized carbons (Fsp3) is 0.200. The van der Waals surface area contributed by atoms with Gasteiger partial charge in [-0.05, 0) is 55.3 Å². The minimum Gasteiger partial charge on any atom is -0.457 e. The van der Waals surface area contributed by atoms with Gasteiger partial charge in [0.15, 0.2) is 0 Å². The summed E-state index contributed by atoms with van der Waals surface area (Å²) in [5.74, 6) is 1.56. The van der Waals surface area contributed by atoms with Crippen molar-refractivity contribution in [2.45, 2.75) is 20.0 Å². The number of hydrogen-bond donors (Lipinski definition) is 1. The van der Waals surface area contributed by atoms with Crippen LogP contribution < -0.4 is 4.74 Å². The van der Waals surface area contributed by atoms with Crippen LogP contribution in [0.5, 0.6) is 11.5 Å². The number of aliphatic hydroxyl groups excluding tert-OH is 1. The largest absolute Gasteiger partial charge is 0.457 e. The van der Waals surface area contributed by atoms with Gasteiger partial charge in [-0.25, -0.2) is 0 Å². The van der Waals surface area contributed by atoms with E-state index in [0.717, 1.165) is 31.6 Å². The number of halogens is 2. The van der Waals surface area contributed by atoms with Crippen LogP contribution >= 0.6 is 31.9 Å². The zero-order valence-corrected chi connectivity index (χ0v) is 13.8. The smallest absolute Gasteiger partial charge is 0.130 e. The Morgan fingerprint density at radius 2 is 1.84 bits per heavy atom. The Hall–Kier alpha value is -0.840. The van der Waals surface area contributed by atoms with Gasteiger partial charge in [0.2, 0.25) is 0 Å². The summed E-state index contributed by atoms with van der Waals surface area (Å²) >= 11 is 6.87. The van der Waals surface area contributed by atoms with E-state index < -0.39 is 6.10 Å². The molecular weight excluding hydrogens is 372 g/mol. The summed E-state index contributed by atoms with van der Waals surface area (Å²) in [4.78, 5) is 0. The molecule has 2 nitrogen and oxygen atoms in total. The molecule has 1 atom stereocenters. The Morgan fingerprint density at radius 3 is 2.42 bits per heavy atom. The van der Waals surface area contributed by atoms with Gasteiger partial charge in [-0.1, -0.05) is 37.9 Å². The van der Waals surface area contributed by atoms with Crippen LogP contribution in [0, 0.1) is 6.92 Å². The molecular formula is C15H14Br2O2. The molecule has 0 radical (unpaired) electrons. The van der Waals surface area contributed by atoms with Crippen LogP contribution in [0.25, 0.3) is 0 Å². The lowest BCUT2D eigenvalue weighted by atomic mass is 10.1. The number of aliphatic hydroxyl groups is 1. The predicted octanol–water partition coefficient (Wildman–Crippen LogP) is 5.37. The number of aryl methyl sites for hydroxylation is 1. The van der Waals surface area contributed by atoms with Crippen LogP contribution in [0.2, 0.25) is 0 Å². The molecule has 0 bridgehead atoms. The Labute approximate surface area is 129 Å². The van der Waals surface area contributed by atoms with E-state index in [1.807, 2.05) is 43.3 Å². The van der Waals surface area contributed by atoms with Gasteiger partial charge in [0, 0.05) is 8.95 Å². The van der Waals surface area contributed by atoms with E-state index in [1.54, 1.807) is 6.92 Å². The Balaban J connectivity index is 2.26. The van der Waals surface area contributed by atoms with Crippen LogP contribution in [0.1, 0.15) is 24.2 Å². The fourth-order valence-corrected chi connectivity index (χ4v) is 2.93. The molecule has 0 amide bonds. The highest BCUT2D eigenvalue weighted by Crippen LogP contribution is 2.32. The topological polar surface area (TPSA) is 29.5 Å². The maximum atomic E-state index is 9.58. The summed E-state index contributed by atoms with van der Waals surface area (Å²) in [5, 5.41) is 9.58. The van der Waals surface area contributed by atoms with Crippen molar-refractivity contribution in [1.29, 1.82) is 0 Å². The molecule has 2 aromatic carbocycles. The lowest BCUT2D eigenvalue weighted by molar-refractivity contribution is 0.198. The monoisotopic (exact) mass is 384 g/mol. The molecule has 19 heavy (non-hydrogen) atoms. The number of benzene rings is 2. The number of ether oxygens (including phenoxy) is 1. The quantitative estimate of drug-likeness (QED) is 0.769. The first-order valence-electron chi connectivity index (χ1n) is 5.89. The average Bonchev–Trinajstić information content (AvgIpc) is 2.32. The van der Waals surface area contributed by atoms with Gasteiger partial charge in [-0.15, -0.1) is 0 Å². The van der Waals surface area contributed by atoms with Crippen LogP contribution in [-0.2, 0) is 0 Å². The van der Waals surface area contributed by atoms with Gasteiger partial charge in [-0.3, -0.25) is 0 Å². The second kappa shape index (κ2) is 6.07. The van der Waals surface area contributed by atoms with E-state index in [-0.39, 0.29) is 0 Å². The first-order valence-corrected chi connectivity index (χ1v) is 7.47. The van der Waals surface area contributed by atoms with Crippen LogP contribution in [0.15, 0.2) is 45.3 Å². The molecule has 0 aliphatic rings. The van der Waals surface area contributed by atoms with Crippen LogP contribution in [0.4, 0.5) is 0 Å². The molecule has 0 aliphatic heterocycles. The average molecular weight is 386 g/mol. The van der Waals surface area contributed by atoms with Crippen molar-refractivity contribution >= 4 is 31.9 Å². The third-order valence-corrected chi connectivity index (χ3v) is 3.97. The maximum absolute atomic E-state index is 9.58. The van der Waals surface area contributed by atoms with Crippen molar-refractivity contribution < 1.29 is 9.84 Å². The van der Waals surface area contributed by atoms with E-state index in [2.05, 4.69) is 31.9 Å². The minimum atomic E-state index is -0.502. The Bertz CT molecular complexity index is 595. The van der Waals surface area contributed by atoms with Gasteiger partial charge in [0.1, 0.15) is 11.5 Å². The second-order valence-electron chi connectivity index (χ2n) is 4.37. The van der Waals surface area contributed by atoms with Gasteiger partial charge in [0.25, 0.3) is 0 Å². The zero-order chi connectivity index (χ0) is 14.0. The summed E-state index contributed by atoms with van der Waals surface area (Å²) in [6.07, 6.45) is -0.502. The molecule has 2 aromatic rings. The number of hydrogen-bond acceptors (Lipinski definition) is 2. The van der Waals surface area contributed by atoms with E-state index in [0.29, 0.717) is 0 Å². The molecule has 0 aromatic heterocycles. The van der Waals surface area contributed by atoms with Gasteiger partial charge >= 0.3 is 0 Å². The summed E-state index contributed by atoms with van der Waals surface area (Å²) < 4.78 is 7.72. The van der Waals surface area contributed by atoms with Crippen molar-refractivity contribution in [1.82, 2.24) is 0 Å². The van der Waals surface area contributed by atoms with Gasteiger partial charge < -0.3 is 9.84 Å². The minimum absolute atomic E-state index is 0.502.